The number of hydrogen-bond acceptors (Lipinski definition) is 2. The van der Waals surface area contributed by atoms with Gasteiger partial charge in [-0.3, -0.25) is 0 Å². The first-order valence-electron chi connectivity index (χ1n) is 6.09. The lowest BCUT2D eigenvalue weighted by Crippen LogP contribution is -1.98. The zero-order chi connectivity index (χ0) is 14.2. The third-order valence-electron chi connectivity index (χ3n) is 2.69. The molecule has 0 aliphatic heterocycles. The van der Waals surface area contributed by atoms with E-state index in [1.54, 1.807) is 6.07 Å². The van der Waals surface area contributed by atoms with E-state index in [0.717, 1.165) is 16.9 Å². The third kappa shape index (κ3) is 3.79. The monoisotopic (exact) mass is 281 g/mol. The van der Waals surface area contributed by atoms with Crippen molar-refractivity contribution in [3.8, 4) is 23.7 Å². The van der Waals surface area contributed by atoms with Crippen molar-refractivity contribution < 1.29 is 4.74 Å². The van der Waals surface area contributed by atoms with Crippen molar-refractivity contribution in [2.24, 2.45) is 0 Å². The van der Waals surface area contributed by atoms with Gasteiger partial charge < -0.3 is 4.74 Å². The van der Waals surface area contributed by atoms with E-state index in [1.807, 2.05) is 42.5 Å². The van der Waals surface area contributed by atoms with Crippen LogP contribution in [-0.4, -0.2) is 5.88 Å². The van der Waals surface area contributed by atoms with Crippen molar-refractivity contribution in [3.63, 3.8) is 0 Å². The van der Waals surface area contributed by atoms with Crippen LogP contribution < -0.4 is 4.74 Å². The molecule has 3 heteroatoms. The smallest absolute Gasteiger partial charge is 0.119 e. The molecule has 2 aromatic rings. The van der Waals surface area contributed by atoms with Crippen molar-refractivity contribution in [2.45, 2.75) is 6.61 Å². The number of hydrogen-bond donors (Lipinski definition) is 0. The average molecular weight is 282 g/mol. The van der Waals surface area contributed by atoms with Crippen LogP contribution in [0.5, 0.6) is 5.75 Å². The van der Waals surface area contributed by atoms with E-state index >= 15 is 0 Å². The quantitative estimate of drug-likeness (QED) is 0.634. The molecule has 0 heterocycles. The molecule has 0 fully saturated rings. The molecule has 0 amide bonds. The Kier molecular flexibility index (Phi) is 5.07. The van der Waals surface area contributed by atoms with Gasteiger partial charge in [-0.1, -0.05) is 30.0 Å². The molecule has 0 unspecified atom stereocenters. The van der Waals surface area contributed by atoms with Gasteiger partial charge in [-0.05, 0) is 30.3 Å². The molecular formula is C17H12ClNO. The standard InChI is InChI=1S/C17H12ClNO/c18-11-3-4-14-7-9-17(10-8-14)20-13-16-6-2-1-5-15(16)12-19/h1-2,5-10H,11,13H2. The van der Waals surface area contributed by atoms with Gasteiger partial charge in [0.1, 0.15) is 12.4 Å². The highest BCUT2D eigenvalue weighted by molar-refractivity contribution is 6.19. The topological polar surface area (TPSA) is 33.0 Å². The normalized spacial score (nSPS) is 9.20. The van der Waals surface area contributed by atoms with Crippen LogP contribution >= 0.6 is 11.6 Å². The third-order valence-corrected chi connectivity index (χ3v) is 2.82. The summed E-state index contributed by atoms with van der Waals surface area (Å²) in [6.07, 6.45) is 0. The Morgan fingerprint density at radius 3 is 2.50 bits per heavy atom. The largest absolute Gasteiger partial charge is 0.489 e. The summed E-state index contributed by atoms with van der Waals surface area (Å²) in [6.45, 7) is 0.371. The van der Waals surface area contributed by atoms with Gasteiger partial charge in [0.05, 0.1) is 17.5 Å². The lowest BCUT2D eigenvalue weighted by molar-refractivity contribution is 0.306. The molecular weight excluding hydrogens is 270 g/mol. The van der Waals surface area contributed by atoms with Gasteiger partial charge in [0, 0.05) is 11.1 Å². The van der Waals surface area contributed by atoms with Crippen LogP contribution in [0.2, 0.25) is 0 Å². The molecule has 0 saturated carbocycles. The number of benzene rings is 2. The summed E-state index contributed by atoms with van der Waals surface area (Å²) in [5, 5.41) is 9.00. The highest BCUT2D eigenvalue weighted by Crippen LogP contribution is 2.15. The van der Waals surface area contributed by atoms with Crippen molar-refractivity contribution in [3.05, 3.63) is 65.2 Å². The first kappa shape index (κ1) is 14.0. The van der Waals surface area contributed by atoms with Crippen LogP contribution in [0.1, 0.15) is 16.7 Å². The first-order chi connectivity index (χ1) is 9.83. The molecule has 2 rings (SSSR count). The second-order valence-corrected chi connectivity index (χ2v) is 4.28. The minimum Gasteiger partial charge on any atom is -0.489 e. The van der Waals surface area contributed by atoms with Gasteiger partial charge in [0.25, 0.3) is 0 Å². The number of ether oxygens (including phenoxy) is 1. The molecule has 0 N–H and O–H groups in total. The predicted octanol–water partition coefficient (Wildman–Crippen LogP) is 3.73. The van der Waals surface area contributed by atoms with E-state index in [-0.39, 0.29) is 0 Å². The van der Waals surface area contributed by atoms with E-state index < -0.39 is 0 Å². The fraction of sp³-hybridized carbons (Fsp3) is 0.118. The van der Waals surface area contributed by atoms with E-state index in [4.69, 9.17) is 21.6 Å². The van der Waals surface area contributed by atoms with Crippen molar-refractivity contribution >= 4 is 11.6 Å². The molecule has 0 bridgehead atoms. The number of nitrogens with zero attached hydrogens (tertiary/aromatic N) is 1. The summed E-state index contributed by atoms with van der Waals surface area (Å²) in [6, 6.07) is 17.0. The molecule has 2 nitrogen and oxygen atoms in total. The molecule has 0 aliphatic carbocycles. The Morgan fingerprint density at radius 2 is 1.80 bits per heavy atom. The first-order valence-corrected chi connectivity index (χ1v) is 6.62. The number of alkyl halides is 1. The van der Waals surface area contributed by atoms with E-state index in [0.29, 0.717) is 18.1 Å². The van der Waals surface area contributed by atoms with Crippen LogP contribution in [0, 0.1) is 23.2 Å². The van der Waals surface area contributed by atoms with Crippen LogP contribution in [0.4, 0.5) is 0 Å². The minimum atomic E-state index is 0.323. The maximum absolute atomic E-state index is 9.00. The highest BCUT2D eigenvalue weighted by Gasteiger charge is 2.01. The summed E-state index contributed by atoms with van der Waals surface area (Å²) in [4.78, 5) is 0. The number of nitriles is 1. The minimum absolute atomic E-state index is 0.323. The molecule has 0 spiro atoms. The Morgan fingerprint density at radius 1 is 1.05 bits per heavy atom. The molecule has 0 aromatic heterocycles. The molecule has 0 atom stereocenters. The summed E-state index contributed by atoms with van der Waals surface area (Å²) in [7, 11) is 0. The Hall–Kier alpha value is -2.42. The zero-order valence-electron chi connectivity index (χ0n) is 10.8. The van der Waals surface area contributed by atoms with Crippen LogP contribution in [0.15, 0.2) is 48.5 Å². The summed E-state index contributed by atoms with van der Waals surface area (Å²) >= 11 is 5.50. The van der Waals surface area contributed by atoms with Gasteiger partial charge in [0.15, 0.2) is 0 Å². The molecule has 0 aliphatic rings. The van der Waals surface area contributed by atoms with Crippen molar-refractivity contribution in [1.82, 2.24) is 0 Å². The molecule has 0 saturated heterocycles. The fourth-order valence-electron chi connectivity index (χ4n) is 1.69. The van der Waals surface area contributed by atoms with E-state index in [2.05, 4.69) is 17.9 Å². The van der Waals surface area contributed by atoms with Crippen molar-refractivity contribution in [1.29, 1.82) is 5.26 Å². The van der Waals surface area contributed by atoms with Crippen molar-refractivity contribution in [2.75, 3.05) is 5.88 Å². The van der Waals surface area contributed by atoms with Gasteiger partial charge in [-0.2, -0.15) is 5.26 Å². The second-order valence-electron chi connectivity index (χ2n) is 4.02. The maximum atomic E-state index is 9.00. The molecule has 98 valence electrons. The van der Waals surface area contributed by atoms with Gasteiger partial charge in [0.2, 0.25) is 0 Å². The van der Waals surface area contributed by atoms with Gasteiger partial charge in [-0.25, -0.2) is 0 Å². The maximum Gasteiger partial charge on any atom is 0.119 e. The predicted molar refractivity (Wildman–Crippen MR) is 79.5 cm³/mol. The molecule has 20 heavy (non-hydrogen) atoms. The summed E-state index contributed by atoms with van der Waals surface area (Å²) in [5.74, 6) is 6.80. The Bertz CT molecular complexity index is 675. The van der Waals surface area contributed by atoms with Crippen LogP contribution in [-0.2, 0) is 6.61 Å². The fourth-order valence-corrected chi connectivity index (χ4v) is 1.75. The Balaban J connectivity index is 2.02. The molecule has 0 radical (unpaired) electrons. The lowest BCUT2D eigenvalue weighted by Gasteiger charge is -2.07. The number of rotatable bonds is 3. The Labute approximate surface area is 123 Å². The lowest BCUT2D eigenvalue weighted by atomic mass is 10.1. The summed E-state index contributed by atoms with van der Waals surface area (Å²) in [5.41, 5.74) is 2.41. The number of halogens is 1. The molecule has 2 aromatic carbocycles. The van der Waals surface area contributed by atoms with Crippen LogP contribution in [0.3, 0.4) is 0 Å². The second kappa shape index (κ2) is 7.24. The van der Waals surface area contributed by atoms with Crippen LogP contribution in [0.25, 0.3) is 0 Å². The van der Waals surface area contributed by atoms with Gasteiger partial charge >= 0.3 is 0 Å². The van der Waals surface area contributed by atoms with E-state index in [9.17, 15) is 0 Å². The SMILES string of the molecule is N#Cc1ccccc1COc1ccc(C#CCCl)cc1. The van der Waals surface area contributed by atoms with E-state index in [1.165, 1.54) is 0 Å². The average Bonchev–Trinajstić information content (AvgIpc) is 2.52. The van der Waals surface area contributed by atoms with Gasteiger partial charge in [-0.15, -0.1) is 11.6 Å². The summed E-state index contributed by atoms with van der Waals surface area (Å²) < 4.78 is 5.67. The zero-order valence-corrected chi connectivity index (χ0v) is 11.5. The highest BCUT2D eigenvalue weighted by atomic mass is 35.5.